The van der Waals surface area contributed by atoms with Gasteiger partial charge >= 0.3 is 11.9 Å². The quantitative estimate of drug-likeness (QED) is 0.0727. The summed E-state index contributed by atoms with van der Waals surface area (Å²) in [7, 11) is 0. The maximum atomic E-state index is 11.5. The summed E-state index contributed by atoms with van der Waals surface area (Å²) >= 11 is 2.11. The fourth-order valence-corrected chi connectivity index (χ4v) is 5.39. The summed E-state index contributed by atoms with van der Waals surface area (Å²) in [5.41, 5.74) is 1.56. The van der Waals surface area contributed by atoms with E-state index in [0.717, 1.165) is 22.8 Å². The molecule has 0 atom stereocenters. The summed E-state index contributed by atoms with van der Waals surface area (Å²) < 4.78 is 7.88. The molecule has 0 aliphatic heterocycles. The predicted octanol–water partition coefficient (Wildman–Crippen LogP) is 4.94. The molecule has 4 aromatic heterocycles. The maximum absolute atomic E-state index is 11.5. The number of nitriles is 1. The van der Waals surface area contributed by atoms with E-state index in [1.165, 1.54) is 39.0 Å². The van der Waals surface area contributed by atoms with Crippen molar-refractivity contribution < 1.29 is 34.4 Å². The summed E-state index contributed by atoms with van der Waals surface area (Å²) in [6.45, 7) is 1.67. The molecule has 19 heteroatoms. The zero-order valence-electron chi connectivity index (χ0n) is 21.4. The van der Waals surface area contributed by atoms with Gasteiger partial charge < -0.3 is 15.2 Å². The van der Waals surface area contributed by atoms with E-state index in [1.54, 1.807) is 25.1 Å². The zero-order valence-corrected chi connectivity index (χ0v) is 23.0. The smallest absolute Gasteiger partial charge is 0.335 e. The van der Waals surface area contributed by atoms with Gasteiger partial charge in [-0.1, -0.05) is 16.4 Å². The van der Waals surface area contributed by atoms with Crippen LogP contribution in [0, 0.1) is 18.3 Å². The molecule has 6 aromatic rings. The summed E-state index contributed by atoms with van der Waals surface area (Å²) in [5, 5.41) is 62.3. The summed E-state index contributed by atoms with van der Waals surface area (Å²) in [4.78, 5) is 31.2. The monoisotopic (exact) mass is 618 g/mol. The van der Waals surface area contributed by atoms with E-state index in [-0.39, 0.29) is 39.6 Å². The number of hydrogen-bond acceptors (Lipinski definition) is 14. The molecule has 0 saturated carbocycles. The van der Waals surface area contributed by atoms with Crippen molar-refractivity contribution in [1.82, 2.24) is 34.6 Å². The minimum atomic E-state index is -1.30. The van der Waals surface area contributed by atoms with Gasteiger partial charge in [0.05, 0.1) is 45.3 Å². The Bertz CT molecular complexity index is 2110. The Morgan fingerprint density at radius 3 is 2.56 bits per heavy atom. The molecule has 17 nitrogen and oxygen atoms in total. The van der Waals surface area contributed by atoms with Crippen LogP contribution >= 0.6 is 23.4 Å². The molecule has 4 heterocycles. The Balaban J connectivity index is 1.33. The van der Waals surface area contributed by atoms with Crippen LogP contribution in [0.5, 0.6) is 0 Å². The Morgan fingerprint density at radius 1 is 1.09 bits per heavy atom. The van der Waals surface area contributed by atoms with E-state index in [4.69, 9.17) is 5.26 Å². The van der Waals surface area contributed by atoms with Gasteiger partial charge in [0.15, 0.2) is 17.2 Å². The number of fused-ring (bicyclic) bond motifs is 2. The first-order chi connectivity index (χ1) is 20.7. The van der Waals surface area contributed by atoms with Crippen molar-refractivity contribution >= 4 is 62.7 Å². The Hall–Kier alpha value is -5.52. The third-order valence-electron chi connectivity index (χ3n) is 5.91. The van der Waals surface area contributed by atoms with Gasteiger partial charge in [-0.05, 0) is 43.3 Å². The number of carboxylic acid groups (broad SMARTS) is 2. The van der Waals surface area contributed by atoms with Gasteiger partial charge in [-0.3, -0.25) is 0 Å². The number of benzene rings is 2. The third-order valence-corrected chi connectivity index (χ3v) is 7.49. The molecule has 0 radical (unpaired) electrons. The largest absolute Gasteiger partial charge is 0.478 e. The van der Waals surface area contributed by atoms with E-state index in [9.17, 15) is 25.1 Å². The molecule has 0 spiro atoms. The molecule has 0 saturated heterocycles. The average Bonchev–Trinajstić information content (AvgIpc) is 3.76. The van der Waals surface area contributed by atoms with Crippen LogP contribution in [0.15, 0.2) is 57.7 Å². The fourth-order valence-electron chi connectivity index (χ4n) is 3.99. The molecule has 0 amide bonds. The van der Waals surface area contributed by atoms with Gasteiger partial charge in [0.25, 0.3) is 0 Å². The highest BCUT2D eigenvalue weighted by Gasteiger charge is 2.19. The molecule has 0 fully saturated rings. The number of H-pyrrole nitrogens is 1. The number of nitrogens with one attached hydrogen (secondary N) is 1. The number of rotatable bonds is 9. The molecule has 43 heavy (non-hydrogen) atoms. The van der Waals surface area contributed by atoms with Crippen molar-refractivity contribution in [1.29, 1.82) is 5.26 Å². The van der Waals surface area contributed by atoms with Gasteiger partial charge in [-0.15, -0.1) is 29.4 Å². The molecule has 0 aliphatic rings. The van der Waals surface area contributed by atoms with Crippen LogP contribution in [-0.4, -0.2) is 62.0 Å². The third kappa shape index (κ3) is 5.30. The number of azo groups is 1. The molecular weight excluding hydrogens is 604 g/mol. The molecule has 2 aromatic carbocycles. The Morgan fingerprint density at radius 2 is 1.86 bits per heavy atom. The van der Waals surface area contributed by atoms with Crippen LogP contribution < -0.4 is 0 Å². The molecule has 214 valence electrons. The minimum Gasteiger partial charge on any atom is -0.478 e. The van der Waals surface area contributed by atoms with Crippen LogP contribution in [0.2, 0.25) is 0 Å². The lowest BCUT2D eigenvalue weighted by atomic mass is 10.1. The number of carbonyl (C=O) groups is 2. The Kier molecular flexibility index (Phi) is 7.10. The summed E-state index contributed by atoms with van der Waals surface area (Å²) in [6.07, 6.45) is 1.47. The van der Waals surface area contributed by atoms with Gasteiger partial charge in [0.1, 0.15) is 11.6 Å². The number of nitrogens with zero attached hydrogens (tertiary/aromatic N) is 9. The van der Waals surface area contributed by atoms with E-state index >= 15 is 0 Å². The van der Waals surface area contributed by atoms with Crippen LogP contribution in [0.3, 0.4) is 0 Å². The Labute approximate surface area is 246 Å². The van der Waals surface area contributed by atoms with E-state index in [0.29, 0.717) is 26.9 Å². The van der Waals surface area contributed by atoms with Gasteiger partial charge in [-0.2, -0.15) is 10.4 Å². The van der Waals surface area contributed by atoms with Crippen LogP contribution in [0.25, 0.3) is 32.4 Å². The lowest BCUT2D eigenvalue weighted by molar-refractivity contribution is -0.432. The number of hydrogen-bond donors (Lipinski definition) is 4. The van der Waals surface area contributed by atoms with Crippen LogP contribution in [0.4, 0.5) is 11.5 Å². The molecule has 4 N–H and O–H groups in total. The molecule has 0 unspecified atom stereocenters. The molecule has 6 rings (SSSR count). The number of aromatic amines is 1. The highest BCUT2D eigenvalue weighted by atomic mass is 32.2. The van der Waals surface area contributed by atoms with Crippen molar-refractivity contribution in [2.75, 3.05) is 0 Å². The zero-order chi connectivity index (χ0) is 30.2. The second-order valence-electron chi connectivity index (χ2n) is 8.63. The second kappa shape index (κ2) is 11.0. The number of aromatic nitrogens is 7. The number of aryl methyl sites for hydroxylation is 1. The molecule has 0 aliphatic carbocycles. The lowest BCUT2D eigenvalue weighted by Gasteiger charge is -2.02. The standard InChI is InChI=1S/C24H14N10O7S2/c1-10-18(21-27-19(32-34(21)30-10)11-4-12(22(35)36)6-13(5-11)23(37)38)28-29-20-14(8-25)9-33(31-20)24-26-16-3-2-15(43-41-40-39)7-17(16)42-24/h2-7,9,39H,1H3,(H,27,32)(H,35,36)(H,37,38)/b29-28+. The van der Waals surface area contributed by atoms with Crippen molar-refractivity contribution in [2.24, 2.45) is 10.2 Å². The van der Waals surface area contributed by atoms with Crippen LogP contribution in [0.1, 0.15) is 32.0 Å². The molecule has 0 bridgehead atoms. The first-order valence-corrected chi connectivity index (χ1v) is 13.3. The highest BCUT2D eigenvalue weighted by Crippen LogP contribution is 2.32. The lowest BCUT2D eigenvalue weighted by Crippen LogP contribution is -2.03. The predicted molar refractivity (Wildman–Crippen MR) is 148 cm³/mol. The maximum Gasteiger partial charge on any atom is 0.335 e. The SMILES string of the molecule is Cc1nn2nc(-c3cc(C(=O)O)cc(C(=O)O)c3)[nH]c2c1/N=N/c1nn(-c2nc3ccc(SOOO)cc3s2)cc1C#N. The first-order valence-electron chi connectivity index (χ1n) is 11.8. The van der Waals surface area contributed by atoms with E-state index < -0.39 is 11.9 Å². The van der Waals surface area contributed by atoms with Gasteiger partial charge in [0.2, 0.25) is 10.9 Å². The minimum absolute atomic E-state index is 0.0187. The number of thiazole rings is 1. The number of aromatic carboxylic acids is 2. The summed E-state index contributed by atoms with van der Waals surface area (Å²) in [5.74, 6) is -2.42. The van der Waals surface area contributed by atoms with Crippen molar-refractivity contribution in [3.05, 3.63) is 65.0 Å². The van der Waals surface area contributed by atoms with Crippen molar-refractivity contribution in [3.8, 4) is 22.6 Å². The van der Waals surface area contributed by atoms with Gasteiger partial charge in [-0.25, -0.2) is 24.5 Å². The van der Waals surface area contributed by atoms with Crippen molar-refractivity contribution in [3.63, 3.8) is 0 Å². The average molecular weight is 619 g/mol. The summed E-state index contributed by atoms with van der Waals surface area (Å²) in [6, 6.07) is 10.9. The van der Waals surface area contributed by atoms with E-state index in [2.05, 4.69) is 44.9 Å². The molecular formula is C24H14N10O7S2. The van der Waals surface area contributed by atoms with Crippen LogP contribution in [-0.2, 0) is 9.37 Å². The fraction of sp³-hybridized carbons (Fsp3) is 0.0417. The topological polar surface area (TPSA) is 238 Å². The highest BCUT2D eigenvalue weighted by molar-refractivity contribution is 7.94. The second-order valence-corrected chi connectivity index (χ2v) is 10.4. The normalized spacial score (nSPS) is 11.6. The first kappa shape index (κ1) is 27.6. The van der Waals surface area contributed by atoms with E-state index in [1.807, 2.05) is 6.07 Å². The van der Waals surface area contributed by atoms with Crippen molar-refractivity contribution in [2.45, 2.75) is 11.8 Å². The number of carboxylic acids is 2. The van der Waals surface area contributed by atoms with Gasteiger partial charge in [0, 0.05) is 10.5 Å².